The summed E-state index contributed by atoms with van der Waals surface area (Å²) in [5.41, 5.74) is 2.51. The third-order valence-corrected chi connectivity index (χ3v) is 11.5. The van der Waals surface area contributed by atoms with Gasteiger partial charge >= 0.3 is 0 Å². The second-order valence-electron chi connectivity index (χ2n) is 9.92. The van der Waals surface area contributed by atoms with Crippen LogP contribution in [0.1, 0.15) is 27.4 Å². The van der Waals surface area contributed by atoms with Crippen molar-refractivity contribution in [1.82, 2.24) is 0 Å². The first-order chi connectivity index (χ1) is 19.6. The van der Waals surface area contributed by atoms with E-state index in [1.807, 2.05) is 91.0 Å². The lowest BCUT2D eigenvalue weighted by Crippen LogP contribution is -2.45. The molecule has 1 fully saturated rings. The number of carbonyl (C=O) groups excluding carboxylic acids is 2. The Morgan fingerprint density at radius 1 is 0.900 bits per heavy atom. The van der Waals surface area contributed by atoms with E-state index in [2.05, 4.69) is 23.1 Å². The summed E-state index contributed by atoms with van der Waals surface area (Å²) in [6.07, 6.45) is 0. The number of rotatable bonds is 5. The Balaban J connectivity index is 1.40. The van der Waals surface area contributed by atoms with E-state index in [1.54, 1.807) is 23.5 Å². The molecular formula is C32H23ClN2O2S3. The summed E-state index contributed by atoms with van der Waals surface area (Å²) in [6.45, 7) is 0. The number of anilines is 1. The number of para-hydroxylation sites is 1. The predicted octanol–water partition coefficient (Wildman–Crippen LogP) is 7.93. The molecule has 1 spiro atoms. The summed E-state index contributed by atoms with van der Waals surface area (Å²) < 4.78 is 0.747. The van der Waals surface area contributed by atoms with Gasteiger partial charge in [-0.05, 0) is 47.2 Å². The maximum absolute atomic E-state index is 14.4. The van der Waals surface area contributed by atoms with E-state index in [1.165, 1.54) is 17.3 Å². The quantitative estimate of drug-likeness (QED) is 0.217. The first-order valence-electron chi connectivity index (χ1n) is 12.9. The SMILES string of the molecule is O=C(c1ccccc1)[C@@H]1[C@@H](c2ccc(Cl)cc2)[C@@]2(N=C(SCc3ccccc3)SC2=O)[C@H]2Sc3ccccc3N12. The van der Waals surface area contributed by atoms with E-state index < -0.39 is 17.5 Å². The molecule has 3 aliphatic heterocycles. The molecule has 0 unspecified atom stereocenters. The van der Waals surface area contributed by atoms with Crippen LogP contribution in [0.3, 0.4) is 0 Å². The van der Waals surface area contributed by atoms with E-state index in [9.17, 15) is 9.59 Å². The Morgan fingerprint density at radius 2 is 1.57 bits per heavy atom. The maximum Gasteiger partial charge on any atom is 0.227 e. The number of aliphatic imine (C=N–C) groups is 1. The average molecular weight is 599 g/mol. The van der Waals surface area contributed by atoms with Crippen LogP contribution in [0.4, 0.5) is 5.69 Å². The van der Waals surface area contributed by atoms with Crippen LogP contribution in [-0.4, -0.2) is 32.2 Å². The lowest BCUT2D eigenvalue weighted by atomic mass is 9.77. The fraction of sp³-hybridized carbons (Fsp3) is 0.156. The van der Waals surface area contributed by atoms with Crippen molar-refractivity contribution in [2.24, 2.45) is 4.99 Å². The fourth-order valence-corrected chi connectivity index (χ4v) is 9.78. The van der Waals surface area contributed by atoms with Gasteiger partial charge in [-0.3, -0.25) is 14.6 Å². The zero-order valence-electron chi connectivity index (χ0n) is 21.1. The maximum atomic E-state index is 14.4. The molecule has 0 bridgehead atoms. The highest BCUT2D eigenvalue weighted by Crippen LogP contribution is 2.63. The lowest BCUT2D eigenvalue weighted by Gasteiger charge is -2.30. The summed E-state index contributed by atoms with van der Waals surface area (Å²) in [4.78, 5) is 37.3. The molecule has 0 N–H and O–H groups in total. The largest absolute Gasteiger partial charge is 0.344 e. The van der Waals surface area contributed by atoms with Crippen molar-refractivity contribution in [2.75, 3.05) is 4.90 Å². The van der Waals surface area contributed by atoms with Crippen molar-refractivity contribution in [3.8, 4) is 0 Å². The highest BCUT2D eigenvalue weighted by molar-refractivity contribution is 8.45. The van der Waals surface area contributed by atoms with Crippen LogP contribution in [0.15, 0.2) is 119 Å². The van der Waals surface area contributed by atoms with Gasteiger partial charge < -0.3 is 4.90 Å². The Bertz CT molecular complexity index is 1630. The van der Waals surface area contributed by atoms with Crippen LogP contribution in [0.25, 0.3) is 0 Å². The van der Waals surface area contributed by atoms with Gasteiger partial charge in [-0.2, -0.15) is 0 Å². The Kier molecular flexibility index (Phi) is 6.79. The van der Waals surface area contributed by atoms with Gasteiger partial charge in [-0.25, -0.2) is 0 Å². The van der Waals surface area contributed by atoms with E-state index in [0.717, 1.165) is 26.3 Å². The molecule has 4 atom stereocenters. The number of benzene rings is 4. The molecule has 0 aliphatic carbocycles. The Labute approximate surface area is 250 Å². The zero-order valence-corrected chi connectivity index (χ0v) is 24.4. The van der Waals surface area contributed by atoms with Crippen LogP contribution >= 0.6 is 46.9 Å². The van der Waals surface area contributed by atoms with Gasteiger partial charge in [-0.15, -0.1) is 0 Å². The number of carbonyl (C=O) groups is 2. The summed E-state index contributed by atoms with van der Waals surface area (Å²) in [5.74, 6) is 0.215. The second-order valence-corrected chi connectivity index (χ2v) is 13.7. The molecule has 0 saturated carbocycles. The summed E-state index contributed by atoms with van der Waals surface area (Å²) in [5, 5.41) is 0.247. The molecule has 3 aliphatic rings. The van der Waals surface area contributed by atoms with Gasteiger partial charge in [-0.1, -0.05) is 120 Å². The van der Waals surface area contributed by atoms with Crippen LogP contribution in [0.2, 0.25) is 5.02 Å². The average Bonchev–Trinajstić information content (AvgIpc) is 3.62. The molecule has 4 nitrogen and oxygen atoms in total. The van der Waals surface area contributed by atoms with E-state index in [-0.39, 0.29) is 16.3 Å². The van der Waals surface area contributed by atoms with Gasteiger partial charge in [0.1, 0.15) is 15.8 Å². The van der Waals surface area contributed by atoms with Crippen molar-refractivity contribution < 1.29 is 9.59 Å². The molecule has 4 aromatic carbocycles. The van der Waals surface area contributed by atoms with Gasteiger partial charge in [0.15, 0.2) is 11.3 Å². The molecule has 3 heterocycles. The topological polar surface area (TPSA) is 49.7 Å². The van der Waals surface area contributed by atoms with Crippen LogP contribution < -0.4 is 4.90 Å². The summed E-state index contributed by atoms with van der Waals surface area (Å²) in [7, 11) is 0. The number of nitrogens with zero attached hydrogens (tertiary/aromatic N) is 2. The molecule has 7 rings (SSSR count). The van der Waals surface area contributed by atoms with Gasteiger partial charge in [0.2, 0.25) is 5.12 Å². The third-order valence-electron chi connectivity index (χ3n) is 7.65. The number of fused-ring (bicyclic) bond motifs is 4. The summed E-state index contributed by atoms with van der Waals surface area (Å²) in [6, 6.07) is 34.6. The number of halogens is 1. The first-order valence-corrected chi connectivity index (χ1v) is 16.0. The van der Waals surface area contributed by atoms with Crippen molar-refractivity contribution in [3.63, 3.8) is 0 Å². The van der Waals surface area contributed by atoms with Crippen molar-refractivity contribution in [1.29, 1.82) is 0 Å². The number of hydrogen-bond acceptors (Lipinski definition) is 7. The van der Waals surface area contributed by atoms with Crippen LogP contribution in [-0.2, 0) is 10.5 Å². The Hall–Kier alpha value is -2.97. The van der Waals surface area contributed by atoms with Crippen molar-refractivity contribution in [2.45, 2.75) is 33.5 Å². The smallest absolute Gasteiger partial charge is 0.227 e. The molecule has 8 heteroatoms. The second kappa shape index (κ2) is 10.5. The molecule has 4 aromatic rings. The monoisotopic (exact) mass is 598 g/mol. The molecule has 0 amide bonds. The van der Waals surface area contributed by atoms with Crippen molar-refractivity contribution in [3.05, 3.63) is 131 Å². The highest BCUT2D eigenvalue weighted by Gasteiger charge is 2.70. The van der Waals surface area contributed by atoms with Crippen molar-refractivity contribution >= 4 is 67.8 Å². The summed E-state index contributed by atoms with van der Waals surface area (Å²) >= 11 is 10.7. The standard InChI is InChI=1S/C32H23ClN2O2S3/c33-23-17-15-21(16-18-23)26-27(28(36)22-11-5-2-6-12-22)35-24-13-7-8-14-25(24)39-29(35)32(26)30(37)40-31(34-32)38-19-20-9-3-1-4-10-20/h1-18,26-27,29H,19H2/t26-,27+,29-,32-/m1/s1. The molecule has 0 radical (unpaired) electrons. The fourth-order valence-electron chi connectivity index (χ4n) is 5.90. The molecular weight excluding hydrogens is 576 g/mol. The molecule has 0 aromatic heterocycles. The van der Waals surface area contributed by atoms with Crippen LogP contribution in [0.5, 0.6) is 0 Å². The van der Waals surface area contributed by atoms with Gasteiger partial charge in [0.25, 0.3) is 0 Å². The molecule has 40 heavy (non-hydrogen) atoms. The van der Waals surface area contributed by atoms with E-state index >= 15 is 0 Å². The number of hydrogen-bond donors (Lipinski definition) is 0. The molecule has 198 valence electrons. The number of thioether (sulfide) groups is 3. The third kappa shape index (κ3) is 4.22. The predicted molar refractivity (Wildman–Crippen MR) is 168 cm³/mol. The lowest BCUT2D eigenvalue weighted by molar-refractivity contribution is -0.115. The molecule has 1 saturated heterocycles. The van der Waals surface area contributed by atoms with E-state index in [4.69, 9.17) is 16.6 Å². The Morgan fingerprint density at radius 3 is 2.33 bits per heavy atom. The minimum Gasteiger partial charge on any atom is -0.344 e. The zero-order chi connectivity index (χ0) is 27.3. The first kappa shape index (κ1) is 26.0. The number of Topliss-reactive ketones (excluding diaryl/α,β-unsaturated/α-hetero) is 1. The number of ketones is 1. The normalized spacial score (nSPS) is 24.7. The van der Waals surface area contributed by atoms with Gasteiger partial charge in [0.05, 0.1) is 5.69 Å². The minimum atomic E-state index is -1.14. The van der Waals surface area contributed by atoms with E-state index in [0.29, 0.717) is 10.6 Å². The highest BCUT2D eigenvalue weighted by atomic mass is 35.5. The van der Waals surface area contributed by atoms with Crippen LogP contribution in [0, 0.1) is 0 Å². The minimum absolute atomic E-state index is 0.0123. The van der Waals surface area contributed by atoms with Gasteiger partial charge in [0, 0.05) is 27.2 Å².